The third kappa shape index (κ3) is 3.60. The minimum Gasteiger partial charge on any atom is -0.504 e. The van der Waals surface area contributed by atoms with Crippen LogP contribution < -0.4 is 15.5 Å². The van der Waals surface area contributed by atoms with Crippen LogP contribution in [0.2, 0.25) is 0 Å². The fraction of sp³-hybridized carbons (Fsp3) is 0.542. The summed E-state index contributed by atoms with van der Waals surface area (Å²) < 4.78 is 13.9. The number of aromatic nitrogens is 2. The third-order valence-electron chi connectivity index (χ3n) is 7.54. The number of piperazine rings is 2. The van der Waals surface area contributed by atoms with E-state index in [0.717, 1.165) is 25.2 Å². The Morgan fingerprint density at radius 1 is 1.24 bits per heavy atom. The number of phenols is 1. The lowest BCUT2D eigenvalue weighted by atomic mass is 9.87. The molecular formula is C24H32FN7O2. The van der Waals surface area contributed by atoms with Crippen LogP contribution in [0.25, 0.3) is 11.3 Å². The number of carbonyl (C=O) groups excluding carboxylic acids is 1. The number of aromatic hydroxyl groups is 1. The van der Waals surface area contributed by atoms with E-state index in [0.29, 0.717) is 43.3 Å². The number of phenolic OH excluding ortho intramolecular Hbond substituents is 1. The van der Waals surface area contributed by atoms with Crippen LogP contribution in [0.15, 0.2) is 24.3 Å². The maximum absolute atomic E-state index is 13.9. The highest BCUT2D eigenvalue weighted by Crippen LogP contribution is 2.41. The standard InChI is InChI=1S/C24H32FN7O2/c1-4-24-13-27-22-20(10-19(28-29-22)17-6-5-7-18(25)21(17)33)31(24)9-8-30(14-24)23(34)32-15(2)11-26-12-16(32)3/h5-7,10,15-16,26,33H,4,8-9,11-14H2,1-3H3,(H,27,29)/t15-,16-,24?/m0/s1. The van der Waals surface area contributed by atoms with Crippen molar-refractivity contribution in [3.63, 3.8) is 0 Å². The van der Waals surface area contributed by atoms with Crippen LogP contribution in [0.3, 0.4) is 0 Å². The molecule has 10 heteroatoms. The van der Waals surface area contributed by atoms with Gasteiger partial charge in [0.15, 0.2) is 17.4 Å². The van der Waals surface area contributed by atoms with Gasteiger partial charge in [0.1, 0.15) is 0 Å². The molecule has 1 unspecified atom stereocenters. The maximum atomic E-state index is 13.9. The lowest BCUT2D eigenvalue weighted by molar-refractivity contribution is 0.0837. The van der Waals surface area contributed by atoms with Crippen molar-refractivity contribution in [1.29, 1.82) is 0 Å². The molecule has 0 radical (unpaired) electrons. The number of nitrogens with one attached hydrogen (secondary N) is 2. The number of nitrogens with zero attached hydrogens (tertiary/aromatic N) is 5. The smallest absolute Gasteiger partial charge is 0.320 e. The Morgan fingerprint density at radius 3 is 2.74 bits per heavy atom. The Balaban J connectivity index is 1.45. The highest BCUT2D eigenvalue weighted by atomic mass is 19.1. The fourth-order valence-corrected chi connectivity index (χ4v) is 5.58. The van der Waals surface area contributed by atoms with Crippen LogP contribution in [0.5, 0.6) is 5.75 Å². The zero-order chi connectivity index (χ0) is 24.0. The molecule has 3 aliphatic rings. The molecule has 0 saturated carbocycles. The summed E-state index contributed by atoms with van der Waals surface area (Å²) in [5.41, 5.74) is 1.27. The number of fused-ring (bicyclic) bond motifs is 3. The third-order valence-corrected chi connectivity index (χ3v) is 7.54. The van der Waals surface area contributed by atoms with E-state index in [2.05, 4.69) is 46.5 Å². The minimum atomic E-state index is -0.693. The Morgan fingerprint density at radius 2 is 2.00 bits per heavy atom. The predicted octanol–water partition coefficient (Wildman–Crippen LogP) is 2.49. The van der Waals surface area contributed by atoms with Gasteiger partial charge in [0.2, 0.25) is 0 Å². The molecule has 3 N–H and O–H groups in total. The van der Waals surface area contributed by atoms with Gasteiger partial charge in [-0.25, -0.2) is 9.18 Å². The molecular weight excluding hydrogens is 437 g/mol. The van der Waals surface area contributed by atoms with Crippen LogP contribution in [-0.2, 0) is 0 Å². The van der Waals surface area contributed by atoms with Gasteiger partial charge in [-0.05, 0) is 38.5 Å². The first kappa shape index (κ1) is 22.6. The van der Waals surface area contributed by atoms with E-state index in [9.17, 15) is 14.3 Å². The zero-order valence-electron chi connectivity index (χ0n) is 19.9. The number of benzene rings is 1. The van der Waals surface area contributed by atoms with Crippen molar-refractivity contribution in [2.45, 2.75) is 44.8 Å². The van der Waals surface area contributed by atoms with Crippen molar-refractivity contribution < 1.29 is 14.3 Å². The first-order chi connectivity index (χ1) is 16.3. The summed E-state index contributed by atoms with van der Waals surface area (Å²) in [5, 5.41) is 25.6. The predicted molar refractivity (Wildman–Crippen MR) is 129 cm³/mol. The second kappa shape index (κ2) is 8.57. The molecule has 1 aromatic carbocycles. The Labute approximate surface area is 198 Å². The molecule has 1 aromatic heterocycles. The molecule has 2 amide bonds. The summed E-state index contributed by atoms with van der Waals surface area (Å²) in [6.07, 6.45) is 0.832. The van der Waals surface area contributed by atoms with E-state index >= 15 is 0 Å². The van der Waals surface area contributed by atoms with Crippen molar-refractivity contribution >= 4 is 17.5 Å². The van der Waals surface area contributed by atoms with Crippen LogP contribution in [0, 0.1) is 5.82 Å². The van der Waals surface area contributed by atoms with Crippen molar-refractivity contribution in [3.05, 3.63) is 30.1 Å². The summed E-state index contributed by atoms with van der Waals surface area (Å²) in [4.78, 5) is 19.9. The van der Waals surface area contributed by atoms with E-state index < -0.39 is 11.6 Å². The van der Waals surface area contributed by atoms with Crippen LogP contribution in [0.4, 0.5) is 20.7 Å². The molecule has 4 heterocycles. The average molecular weight is 470 g/mol. The second-order valence-corrected chi connectivity index (χ2v) is 9.65. The van der Waals surface area contributed by atoms with Gasteiger partial charge in [-0.2, -0.15) is 0 Å². The molecule has 9 nitrogen and oxygen atoms in total. The molecule has 2 fully saturated rings. The Kier molecular flexibility index (Phi) is 5.71. The van der Waals surface area contributed by atoms with Gasteiger partial charge < -0.3 is 30.4 Å². The SMILES string of the molecule is CCC12CNc3nnc(-c4cccc(F)c4O)cc3N1CCN(C(=O)N1[C@@H](C)CNC[C@@H]1C)C2. The lowest BCUT2D eigenvalue weighted by Crippen LogP contribution is -2.70. The molecule has 2 saturated heterocycles. The first-order valence-electron chi connectivity index (χ1n) is 12.0. The van der Waals surface area contributed by atoms with E-state index in [1.165, 1.54) is 6.07 Å². The van der Waals surface area contributed by atoms with Gasteiger partial charge in [-0.15, -0.1) is 10.2 Å². The number of carbonyl (C=O) groups is 1. The maximum Gasteiger partial charge on any atom is 0.320 e. The highest BCUT2D eigenvalue weighted by Gasteiger charge is 2.47. The number of amides is 2. The van der Waals surface area contributed by atoms with E-state index in [1.54, 1.807) is 12.1 Å². The fourth-order valence-electron chi connectivity index (χ4n) is 5.58. The van der Waals surface area contributed by atoms with Crippen molar-refractivity contribution in [1.82, 2.24) is 25.3 Å². The molecule has 5 rings (SSSR count). The van der Waals surface area contributed by atoms with Crippen LogP contribution in [-0.4, -0.2) is 88.0 Å². The number of urea groups is 1. The van der Waals surface area contributed by atoms with Gasteiger partial charge >= 0.3 is 6.03 Å². The van der Waals surface area contributed by atoms with Gasteiger partial charge in [0.05, 0.1) is 16.9 Å². The summed E-state index contributed by atoms with van der Waals surface area (Å²) >= 11 is 0. The van der Waals surface area contributed by atoms with E-state index in [4.69, 9.17) is 0 Å². The van der Waals surface area contributed by atoms with Crippen LogP contribution in [0.1, 0.15) is 27.2 Å². The molecule has 3 atom stereocenters. The normalized spacial score (nSPS) is 26.5. The number of hydrogen-bond donors (Lipinski definition) is 3. The van der Waals surface area contributed by atoms with Crippen molar-refractivity contribution in [3.8, 4) is 17.0 Å². The largest absolute Gasteiger partial charge is 0.504 e. The first-order valence-corrected chi connectivity index (χ1v) is 12.0. The van der Waals surface area contributed by atoms with Gasteiger partial charge in [-0.1, -0.05) is 13.0 Å². The van der Waals surface area contributed by atoms with Gasteiger partial charge in [0.25, 0.3) is 0 Å². The minimum absolute atomic E-state index is 0.0954. The number of para-hydroxylation sites is 1. The van der Waals surface area contributed by atoms with Crippen molar-refractivity contribution in [2.75, 3.05) is 49.5 Å². The average Bonchev–Trinajstić information content (AvgIpc) is 2.84. The quantitative estimate of drug-likeness (QED) is 0.622. The van der Waals surface area contributed by atoms with Crippen LogP contribution >= 0.6 is 0 Å². The molecule has 0 spiro atoms. The number of rotatable bonds is 2. The molecule has 0 bridgehead atoms. The summed E-state index contributed by atoms with van der Waals surface area (Å²) in [6.45, 7) is 10.4. The topological polar surface area (TPSA) is 96.9 Å². The second-order valence-electron chi connectivity index (χ2n) is 9.65. The number of halogens is 1. The van der Waals surface area contributed by atoms with E-state index in [-0.39, 0.29) is 23.7 Å². The summed E-state index contributed by atoms with van der Waals surface area (Å²) in [5.74, 6) is -0.466. The van der Waals surface area contributed by atoms with Crippen molar-refractivity contribution in [2.24, 2.45) is 0 Å². The summed E-state index contributed by atoms with van der Waals surface area (Å²) in [7, 11) is 0. The van der Waals surface area contributed by atoms with Gasteiger partial charge in [0, 0.05) is 56.9 Å². The Bertz CT molecular complexity index is 1090. The number of hydrogen-bond acceptors (Lipinski definition) is 7. The monoisotopic (exact) mass is 469 g/mol. The Hall–Kier alpha value is -3.14. The molecule has 3 aliphatic heterocycles. The molecule has 34 heavy (non-hydrogen) atoms. The molecule has 2 aromatic rings. The molecule has 0 aliphatic carbocycles. The van der Waals surface area contributed by atoms with E-state index in [1.807, 2.05) is 15.9 Å². The highest BCUT2D eigenvalue weighted by molar-refractivity contribution is 5.79. The lowest BCUT2D eigenvalue weighted by Gasteiger charge is -2.55. The summed E-state index contributed by atoms with van der Waals surface area (Å²) in [6, 6.07) is 6.63. The molecule has 182 valence electrons. The number of anilines is 2. The zero-order valence-corrected chi connectivity index (χ0v) is 19.9. The van der Waals surface area contributed by atoms with Gasteiger partial charge in [-0.3, -0.25) is 0 Å².